The van der Waals surface area contributed by atoms with E-state index in [1.807, 2.05) is 24.3 Å². The zero-order valence-corrected chi connectivity index (χ0v) is 9.05. The number of aldehydes is 2. The van der Waals surface area contributed by atoms with E-state index in [-0.39, 0.29) is 17.1 Å². The van der Waals surface area contributed by atoms with Gasteiger partial charge in [-0.2, -0.15) is 12.1 Å². The number of hydrogen-bond donors (Lipinski definition) is 0. The first-order chi connectivity index (χ1) is 6.86. The second-order valence-electron chi connectivity index (χ2n) is 2.67. The van der Waals surface area contributed by atoms with Gasteiger partial charge in [0.05, 0.1) is 6.29 Å². The van der Waals surface area contributed by atoms with Crippen molar-refractivity contribution in [2.75, 3.05) is 0 Å². The Balaban J connectivity index is 0.000000245. The third-order valence-electron chi connectivity index (χ3n) is 1.65. The van der Waals surface area contributed by atoms with E-state index in [4.69, 9.17) is 0 Å². The third kappa shape index (κ3) is 5.11. The summed E-state index contributed by atoms with van der Waals surface area (Å²) in [6.07, 6.45) is 1.67. The Morgan fingerprint density at radius 3 is 1.73 bits per heavy atom. The van der Waals surface area contributed by atoms with Gasteiger partial charge in [-0.05, 0) is 0 Å². The van der Waals surface area contributed by atoms with E-state index in [9.17, 15) is 9.59 Å². The van der Waals surface area contributed by atoms with Crippen LogP contribution in [0.4, 0.5) is 0 Å². The largest absolute Gasteiger partial charge is 0.721 e. The van der Waals surface area contributed by atoms with Crippen LogP contribution in [0.3, 0.4) is 0 Å². The first-order valence-corrected chi connectivity index (χ1v) is 4.20. The molecule has 2 aromatic carbocycles. The van der Waals surface area contributed by atoms with Crippen molar-refractivity contribution in [3.8, 4) is 0 Å². The molecule has 0 aliphatic rings. The molecular formula is C12H10FeO2-6. The Labute approximate surface area is 99.1 Å². The number of rotatable bonds is 2. The minimum atomic E-state index is 0. The van der Waals surface area contributed by atoms with Gasteiger partial charge < -0.3 is 39.4 Å². The van der Waals surface area contributed by atoms with Crippen LogP contribution >= 0.6 is 0 Å². The summed E-state index contributed by atoms with van der Waals surface area (Å²) in [7, 11) is 0. The van der Waals surface area contributed by atoms with Crippen molar-refractivity contribution in [1.29, 1.82) is 0 Å². The van der Waals surface area contributed by atoms with Gasteiger partial charge in [0.1, 0.15) is 0 Å². The molecule has 0 bridgehead atoms. The van der Waals surface area contributed by atoms with Crippen molar-refractivity contribution in [3.63, 3.8) is 0 Å². The summed E-state index contributed by atoms with van der Waals surface area (Å²) in [6.45, 7) is 0. The molecule has 0 heterocycles. The Hall–Kier alpha value is -1.44. The van der Waals surface area contributed by atoms with Crippen LogP contribution in [-0.4, -0.2) is 12.6 Å². The Morgan fingerprint density at radius 1 is 0.933 bits per heavy atom. The van der Waals surface area contributed by atoms with E-state index in [0.29, 0.717) is 0 Å². The number of carbonyl (C=O) groups excluding carboxylic acids is 2. The standard InChI is InChI=1S/2C6H5O.Fe/c2*7-5-6-3-1-2-4-6;/h2*1-5H;/q-5;-1;. The second-order valence-corrected chi connectivity index (χ2v) is 2.67. The van der Waals surface area contributed by atoms with Gasteiger partial charge >= 0.3 is 0 Å². The molecule has 0 atom stereocenters. The maximum absolute atomic E-state index is 9.87. The summed E-state index contributed by atoms with van der Waals surface area (Å²) >= 11 is 0. The molecule has 0 N–H and O–H groups in total. The van der Waals surface area contributed by atoms with Crippen LogP contribution in [-0.2, 0) is 17.1 Å². The van der Waals surface area contributed by atoms with E-state index in [1.54, 1.807) is 24.3 Å². The van der Waals surface area contributed by atoms with E-state index < -0.39 is 0 Å². The molecule has 2 rings (SSSR count). The van der Waals surface area contributed by atoms with Gasteiger partial charge in [0.25, 0.3) is 0 Å². The van der Waals surface area contributed by atoms with E-state index in [2.05, 4.69) is 0 Å². The van der Waals surface area contributed by atoms with Gasteiger partial charge in [-0.3, -0.25) is 6.29 Å². The topological polar surface area (TPSA) is 34.1 Å². The molecule has 0 saturated carbocycles. The van der Waals surface area contributed by atoms with Crippen LogP contribution in [0.1, 0.15) is 20.7 Å². The maximum Gasteiger partial charge on any atom is 0.0949 e. The van der Waals surface area contributed by atoms with Gasteiger partial charge in [-0.25, -0.2) is 12.1 Å². The summed E-state index contributed by atoms with van der Waals surface area (Å²) in [5, 5.41) is 0. The number of carbonyl (C=O) groups is 2. The van der Waals surface area contributed by atoms with Gasteiger partial charge in [0, 0.05) is 17.1 Å². The molecule has 2 nitrogen and oxygen atoms in total. The van der Waals surface area contributed by atoms with Crippen LogP contribution in [0.25, 0.3) is 0 Å². The molecule has 0 aromatic heterocycles. The SMILES string of the molecule is O=C[c-]1[cH-][cH-][cH-][cH-]1.O=C[c-]1cccc1.[Fe]. The van der Waals surface area contributed by atoms with Crippen molar-refractivity contribution in [2.24, 2.45) is 0 Å². The summed E-state index contributed by atoms with van der Waals surface area (Å²) in [5.74, 6) is 0. The van der Waals surface area contributed by atoms with Crippen LogP contribution in [0.15, 0.2) is 48.5 Å². The maximum atomic E-state index is 9.87. The van der Waals surface area contributed by atoms with Gasteiger partial charge in [0.15, 0.2) is 0 Å². The van der Waals surface area contributed by atoms with Crippen molar-refractivity contribution in [1.82, 2.24) is 0 Å². The molecule has 0 spiro atoms. The molecule has 84 valence electrons. The van der Waals surface area contributed by atoms with Crippen LogP contribution < -0.4 is 0 Å². The predicted molar refractivity (Wildman–Crippen MR) is 54.8 cm³/mol. The van der Waals surface area contributed by atoms with E-state index in [0.717, 1.165) is 23.7 Å². The Morgan fingerprint density at radius 2 is 1.47 bits per heavy atom. The Kier molecular flexibility index (Phi) is 7.16. The molecule has 0 aliphatic heterocycles. The van der Waals surface area contributed by atoms with Crippen molar-refractivity contribution in [3.05, 3.63) is 59.7 Å². The fraction of sp³-hybridized carbons (Fsp3) is 0. The first kappa shape index (κ1) is 13.6. The molecule has 0 unspecified atom stereocenters. The minimum absolute atomic E-state index is 0. The molecule has 3 heteroatoms. The van der Waals surface area contributed by atoms with Crippen molar-refractivity contribution in [2.45, 2.75) is 0 Å². The zero-order chi connectivity index (χ0) is 10.2. The normalized spacial score (nSPS) is 8.00. The minimum Gasteiger partial charge on any atom is -0.721 e. The summed E-state index contributed by atoms with van der Waals surface area (Å²) in [6, 6.07) is 14.4. The zero-order valence-electron chi connectivity index (χ0n) is 7.94. The Bertz CT molecular complexity index is 322. The van der Waals surface area contributed by atoms with Crippen LogP contribution in [0.5, 0.6) is 0 Å². The van der Waals surface area contributed by atoms with Gasteiger partial charge in [-0.15, -0.1) is 0 Å². The van der Waals surface area contributed by atoms with Crippen molar-refractivity contribution < 1.29 is 26.7 Å². The molecule has 0 radical (unpaired) electrons. The van der Waals surface area contributed by atoms with Crippen molar-refractivity contribution >= 4 is 12.6 Å². The van der Waals surface area contributed by atoms with E-state index in [1.165, 1.54) is 0 Å². The average Bonchev–Trinajstić information content (AvgIpc) is 2.92. The molecule has 15 heavy (non-hydrogen) atoms. The third-order valence-corrected chi connectivity index (χ3v) is 1.65. The summed E-state index contributed by atoms with van der Waals surface area (Å²) in [5.41, 5.74) is 1.50. The molecule has 0 aliphatic carbocycles. The quantitative estimate of drug-likeness (QED) is 0.460. The average molecular weight is 242 g/mol. The summed E-state index contributed by atoms with van der Waals surface area (Å²) < 4.78 is 0. The molecule has 0 fully saturated rings. The second kappa shape index (κ2) is 7.92. The smallest absolute Gasteiger partial charge is 0.0949 e. The molecular weight excluding hydrogens is 232 g/mol. The monoisotopic (exact) mass is 242 g/mol. The number of hydrogen-bond acceptors (Lipinski definition) is 2. The van der Waals surface area contributed by atoms with Crippen LogP contribution in [0.2, 0.25) is 0 Å². The fourth-order valence-corrected chi connectivity index (χ4v) is 0.935. The molecule has 0 amide bonds. The fourth-order valence-electron chi connectivity index (χ4n) is 0.935. The van der Waals surface area contributed by atoms with Crippen LogP contribution in [0, 0.1) is 0 Å². The van der Waals surface area contributed by atoms with Gasteiger partial charge in [0.2, 0.25) is 0 Å². The predicted octanol–water partition coefficient (Wildman–Crippen LogP) is 2.43. The molecule has 2 aromatic rings. The summed E-state index contributed by atoms with van der Waals surface area (Å²) in [4.78, 5) is 19.7. The van der Waals surface area contributed by atoms with Gasteiger partial charge in [-0.1, -0.05) is 5.56 Å². The first-order valence-electron chi connectivity index (χ1n) is 4.20. The van der Waals surface area contributed by atoms with E-state index >= 15 is 0 Å². The molecule has 0 saturated heterocycles.